The van der Waals surface area contributed by atoms with Gasteiger partial charge in [0.25, 0.3) is 0 Å². The molecule has 1 amide bonds. The Balaban J connectivity index is 1.71. The van der Waals surface area contributed by atoms with Crippen molar-refractivity contribution in [3.63, 3.8) is 0 Å². The molecule has 3 aromatic rings. The van der Waals surface area contributed by atoms with Gasteiger partial charge in [0.2, 0.25) is 5.91 Å². The number of carbonyl (C=O) groups is 1. The van der Waals surface area contributed by atoms with E-state index >= 15 is 0 Å². The van der Waals surface area contributed by atoms with Crippen molar-refractivity contribution >= 4 is 34.6 Å². The van der Waals surface area contributed by atoms with Gasteiger partial charge in [-0.05, 0) is 30.7 Å². The fraction of sp³-hybridized carbons (Fsp3) is 0.158. The number of carbonyl (C=O) groups excluding carboxylic acids is 1. The Kier molecular flexibility index (Phi) is 4.67. The van der Waals surface area contributed by atoms with Gasteiger partial charge in [0.15, 0.2) is 0 Å². The number of hydrogen-bond donors (Lipinski definition) is 1. The third-order valence-electron chi connectivity index (χ3n) is 4.11. The van der Waals surface area contributed by atoms with Crippen LogP contribution in [0.1, 0.15) is 16.8 Å². The summed E-state index contributed by atoms with van der Waals surface area (Å²) in [7, 11) is 2.02. The molecule has 1 heterocycles. The Labute approximate surface area is 145 Å². The number of nitrogens with one attached hydrogen (secondary N) is 1. The summed E-state index contributed by atoms with van der Waals surface area (Å²) in [6.45, 7) is 2.04. The van der Waals surface area contributed by atoms with Crippen LogP contribution in [0.25, 0.3) is 10.9 Å². The average Bonchev–Trinajstić information content (AvgIpc) is 2.82. The van der Waals surface area contributed by atoms with Crippen molar-refractivity contribution in [3.8, 4) is 0 Å². The quantitative estimate of drug-likeness (QED) is 0.570. The van der Waals surface area contributed by atoms with Crippen LogP contribution in [-0.2, 0) is 18.3 Å². The van der Waals surface area contributed by atoms with Crippen LogP contribution in [0.15, 0.2) is 53.6 Å². The number of fused-ring (bicyclic) bond motifs is 1. The number of benzene rings is 2. The lowest BCUT2D eigenvalue weighted by Gasteiger charge is -2.01. The van der Waals surface area contributed by atoms with Gasteiger partial charge in [0.1, 0.15) is 0 Å². The summed E-state index contributed by atoms with van der Waals surface area (Å²) >= 11 is 5.84. The number of hydrazone groups is 1. The number of rotatable bonds is 4. The van der Waals surface area contributed by atoms with Crippen molar-refractivity contribution in [1.29, 1.82) is 0 Å². The van der Waals surface area contributed by atoms with Gasteiger partial charge < -0.3 is 4.57 Å². The second kappa shape index (κ2) is 6.89. The first kappa shape index (κ1) is 16.3. The monoisotopic (exact) mass is 339 g/mol. The summed E-state index contributed by atoms with van der Waals surface area (Å²) < 4.78 is 2.12. The number of aromatic nitrogens is 1. The van der Waals surface area contributed by atoms with Gasteiger partial charge in [0, 0.05) is 34.2 Å². The van der Waals surface area contributed by atoms with Gasteiger partial charge >= 0.3 is 0 Å². The van der Waals surface area contributed by atoms with Crippen molar-refractivity contribution in [2.45, 2.75) is 13.3 Å². The van der Waals surface area contributed by atoms with Gasteiger partial charge in [-0.3, -0.25) is 4.79 Å². The molecule has 0 aliphatic heterocycles. The molecule has 0 atom stereocenters. The lowest BCUT2D eigenvalue weighted by Crippen LogP contribution is -2.19. The first-order chi connectivity index (χ1) is 11.6. The summed E-state index contributed by atoms with van der Waals surface area (Å²) in [4.78, 5) is 12.0. The van der Waals surface area contributed by atoms with Crippen LogP contribution in [0.3, 0.4) is 0 Å². The maximum absolute atomic E-state index is 12.0. The highest BCUT2D eigenvalue weighted by Gasteiger charge is 2.09. The van der Waals surface area contributed by atoms with E-state index < -0.39 is 0 Å². The topological polar surface area (TPSA) is 46.4 Å². The second-order valence-electron chi connectivity index (χ2n) is 5.67. The number of amides is 1. The van der Waals surface area contributed by atoms with Crippen LogP contribution in [0.4, 0.5) is 0 Å². The SMILES string of the molecule is Cc1c(/C=N\NC(=O)Cc2ccc(Cl)cc2)c2ccccc2n1C. The minimum Gasteiger partial charge on any atom is -0.347 e. The zero-order valence-electron chi connectivity index (χ0n) is 13.6. The zero-order chi connectivity index (χ0) is 17.1. The molecule has 0 spiro atoms. The first-order valence-corrected chi connectivity index (χ1v) is 8.04. The number of aryl methyl sites for hydroxylation is 1. The molecule has 2 aromatic carbocycles. The van der Waals surface area contributed by atoms with Crippen LogP contribution in [0, 0.1) is 6.92 Å². The third-order valence-corrected chi connectivity index (χ3v) is 4.36. The van der Waals surface area contributed by atoms with Crippen LogP contribution in [0.5, 0.6) is 0 Å². The number of nitrogens with zero attached hydrogens (tertiary/aromatic N) is 2. The molecule has 0 fully saturated rings. The van der Waals surface area contributed by atoms with E-state index in [4.69, 9.17) is 11.6 Å². The van der Waals surface area contributed by atoms with Crippen molar-refractivity contribution in [2.75, 3.05) is 0 Å². The van der Waals surface area contributed by atoms with Gasteiger partial charge in [-0.1, -0.05) is 41.9 Å². The van der Waals surface area contributed by atoms with Crippen LogP contribution in [-0.4, -0.2) is 16.7 Å². The number of hydrogen-bond acceptors (Lipinski definition) is 2. The summed E-state index contributed by atoms with van der Waals surface area (Å²) in [6, 6.07) is 15.3. The van der Waals surface area contributed by atoms with Gasteiger partial charge in [-0.2, -0.15) is 5.10 Å². The van der Waals surface area contributed by atoms with E-state index in [1.165, 1.54) is 0 Å². The normalized spacial score (nSPS) is 11.3. The Hall–Kier alpha value is -2.59. The fourth-order valence-electron chi connectivity index (χ4n) is 2.71. The minimum absolute atomic E-state index is 0.161. The molecule has 0 radical (unpaired) electrons. The van der Waals surface area contributed by atoms with E-state index in [9.17, 15) is 4.79 Å². The molecule has 0 saturated heterocycles. The van der Waals surface area contributed by atoms with Crippen molar-refractivity contribution in [3.05, 3.63) is 70.4 Å². The van der Waals surface area contributed by atoms with E-state index in [1.54, 1.807) is 18.3 Å². The minimum atomic E-state index is -0.161. The van der Waals surface area contributed by atoms with Crippen LogP contribution < -0.4 is 5.43 Å². The van der Waals surface area contributed by atoms with Crippen molar-refractivity contribution in [1.82, 2.24) is 9.99 Å². The highest BCUT2D eigenvalue weighted by atomic mass is 35.5. The summed E-state index contributed by atoms with van der Waals surface area (Å²) in [5.41, 5.74) is 6.74. The zero-order valence-corrected chi connectivity index (χ0v) is 14.3. The van der Waals surface area contributed by atoms with Gasteiger partial charge in [-0.15, -0.1) is 0 Å². The molecule has 1 N–H and O–H groups in total. The Morgan fingerprint density at radius 1 is 1.21 bits per heavy atom. The molecule has 24 heavy (non-hydrogen) atoms. The smallest absolute Gasteiger partial charge is 0.244 e. The van der Waals surface area contributed by atoms with Crippen molar-refractivity contribution in [2.24, 2.45) is 12.1 Å². The molecule has 0 saturated carbocycles. The molecule has 5 heteroatoms. The molecule has 1 aromatic heterocycles. The second-order valence-corrected chi connectivity index (χ2v) is 6.11. The molecule has 0 unspecified atom stereocenters. The third kappa shape index (κ3) is 3.34. The maximum atomic E-state index is 12.0. The van der Waals surface area contributed by atoms with E-state index in [1.807, 2.05) is 38.2 Å². The lowest BCUT2D eigenvalue weighted by atomic mass is 10.1. The summed E-state index contributed by atoms with van der Waals surface area (Å²) in [5.74, 6) is -0.161. The average molecular weight is 340 g/mol. The van der Waals surface area contributed by atoms with E-state index in [2.05, 4.69) is 27.2 Å². The summed E-state index contributed by atoms with van der Waals surface area (Å²) in [6.07, 6.45) is 1.97. The highest BCUT2D eigenvalue weighted by molar-refractivity contribution is 6.30. The standard InChI is InChI=1S/C19H18ClN3O/c1-13-17(16-5-3-4-6-18(16)23(13)2)12-21-22-19(24)11-14-7-9-15(20)10-8-14/h3-10,12H,11H2,1-2H3,(H,22,24)/b21-12-. The van der Waals surface area contributed by atoms with Gasteiger partial charge in [0.05, 0.1) is 12.6 Å². The Bertz CT molecular complexity index is 910. The number of halogens is 1. The molecule has 3 rings (SSSR count). The molecule has 0 aliphatic carbocycles. The predicted octanol–water partition coefficient (Wildman–Crippen LogP) is 3.83. The van der Waals surface area contributed by atoms with E-state index in [0.29, 0.717) is 5.02 Å². The van der Waals surface area contributed by atoms with Crippen LogP contribution in [0.2, 0.25) is 5.02 Å². The summed E-state index contributed by atoms with van der Waals surface area (Å²) in [5, 5.41) is 5.89. The molecular weight excluding hydrogens is 322 g/mol. The maximum Gasteiger partial charge on any atom is 0.244 e. The Morgan fingerprint density at radius 2 is 1.92 bits per heavy atom. The largest absolute Gasteiger partial charge is 0.347 e. The molecule has 122 valence electrons. The Morgan fingerprint density at radius 3 is 2.67 bits per heavy atom. The predicted molar refractivity (Wildman–Crippen MR) is 98.5 cm³/mol. The van der Waals surface area contributed by atoms with E-state index in [0.717, 1.165) is 27.7 Å². The fourth-order valence-corrected chi connectivity index (χ4v) is 2.84. The lowest BCUT2D eigenvalue weighted by molar-refractivity contribution is -0.120. The number of para-hydroxylation sites is 1. The van der Waals surface area contributed by atoms with E-state index in [-0.39, 0.29) is 12.3 Å². The van der Waals surface area contributed by atoms with Crippen molar-refractivity contribution < 1.29 is 4.79 Å². The molecule has 0 aliphatic rings. The molecular formula is C19H18ClN3O. The molecule has 0 bridgehead atoms. The van der Waals surface area contributed by atoms with Crippen LogP contribution >= 0.6 is 11.6 Å². The molecule has 4 nitrogen and oxygen atoms in total. The van der Waals surface area contributed by atoms with Gasteiger partial charge in [-0.25, -0.2) is 5.43 Å². The first-order valence-electron chi connectivity index (χ1n) is 7.66. The highest BCUT2D eigenvalue weighted by Crippen LogP contribution is 2.22.